The summed E-state index contributed by atoms with van der Waals surface area (Å²) in [5.41, 5.74) is 1.17. The molecule has 1 N–H and O–H groups in total. The molecule has 0 radical (unpaired) electrons. The van der Waals surface area contributed by atoms with E-state index in [-0.39, 0.29) is 11.9 Å². The number of hydrogen-bond donors (Lipinski definition) is 1. The van der Waals surface area contributed by atoms with Gasteiger partial charge in [-0.05, 0) is 49.6 Å². The fourth-order valence-corrected chi connectivity index (χ4v) is 3.12. The number of nitrogens with one attached hydrogen (secondary N) is 1. The highest BCUT2D eigenvalue weighted by Gasteiger charge is 2.22. The number of amides is 1. The number of ether oxygens (including phenoxy) is 1. The van der Waals surface area contributed by atoms with Crippen molar-refractivity contribution >= 4 is 23.3 Å². The number of aromatic nitrogens is 4. The molecule has 3 aromatic heterocycles. The minimum atomic E-state index is -0.262. The maximum absolute atomic E-state index is 12.8. The molecule has 3 rings (SSSR count). The van der Waals surface area contributed by atoms with Crippen LogP contribution in [0.2, 0.25) is 0 Å². The van der Waals surface area contributed by atoms with Crippen molar-refractivity contribution in [1.29, 1.82) is 0 Å². The van der Waals surface area contributed by atoms with Crippen molar-refractivity contribution in [3.63, 3.8) is 0 Å². The largest absolute Gasteiger partial charge is 0.477 e. The van der Waals surface area contributed by atoms with Gasteiger partial charge >= 0.3 is 0 Å². The normalized spacial score (nSPS) is 12.1. The summed E-state index contributed by atoms with van der Waals surface area (Å²) in [6.45, 7) is 2.31. The highest BCUT2D eigenvalue weighted by molar-refractivity contribution is 7.98. The van der Waals surface area contributed by atoms with E-state index in [1.165, 1.54) is 0 Å². The van der Waals surface area contributed by atoms with E-state index < -0.39 is 0 Å². The van der Waals surface area contributed by atoms with E-state index in [1.807, 2.05) is 42.0 Å². The minimum Gasteiger partial charge on any atom is -0.477 e. The first-order chi connectivity index (χ1) is 12.7. The summed E-state index contributed by atoms with van der Waals surface area (Å²) in [5, 5.41) is 11.6. The molecule has 0 fully saturated rings. The number of carbonyl (C=O) groups excluding carboxylic acids is 1. The molecule has 136 valence electrons. The van der Waals surface area contributed by atoms with E-state index >= 15 is 0 Å². The Morgan fingerprint density at radius 3 is 3.00 bits per heavy atom. The van der Waals surface area contributed by atoms with Crippen LogP contribution in [0.4, 0.5) is 0 Å². The summed E-state index contributed by atoms with van der Waals surface area (Å²) in [7, 11) is 0. The lowest BCUT2D eigenvalue weighted by molar-refractivity contribution is 0.0929. The van der Waals surface area contributed by atoms with Gasteiger partial charge in [0.25, 0.3) is 5.91 Å². The summed E-state index contributed by atoms with van der Waals surface area (Å²) >= 11 is 1.72. The zero-order chi connectivity index (χ0) is 18.4. The highest BCUT2D eigenvalue weighted by atomic mass is 32.2. The molecule has 0 aliphatic heterocycles. The van der Waals surface area contributed by atoms with Crippen LogP contribution in [-0.2, 0) is 0 Å². The molecule has 3 heterocycles. The van der Waals surface area contributed by atoms with Gasteiger partial charge in [-0.25, -0.2) is 4.98 Å². The molecule has 8 heteroatoms. The zero-order valence-corrected chi connectivity index (χ0v) is 15.6. The van der Waals surface area contributed by atoms with Gasteiger partial charge in [0.05, 0.1) is 12.6 Å². The lowest BCUT2D eigenvalue weighted by atomic mass is 10.1. The van der Waals surface area contributed by atoms with Gasteiger partial charge in [-0.1, -0.05) is 6.07 Å². The maximum Gasteiger partial charge on any atom is 0.257 e. The smallest absolute Gasteiger partial charge is 0.257 e. The van der Waals surface area contributed by atoms with Crippen LogP contribution >= 0.6 is 11.8 Å². The molecule has 0 saturated carbocycles. The predicted molar refractivity (Wildman–Crippen MR) is 102 cm³/mol. The molecule has 0 spiro atoms. The lowest BCUT2D eigenvalue weighted by Gasteiger charge is -2.18. The third-order valence-corrected chi connectivity index (χ3v) is 4.51. The Bertz CT molecular complexity index is 883. The fraction of sp³-hybridized carbons (Fsp3) is 0.333. The molecule has 0 aliphatic carbocycles. The van der Waals surface area contributed by atoms with Crippen molar-refractivity contribution in [2.75, 3.05) is 18.6 Å². The van der Waals surface area contributed by atoms with Crippen LogP contribution < -0.4 is 10.1 Å². The van der Waals surface area contributed by atoms with Gasteiger partial charge in [0.1, 0.15) is 5.56 Å². The second kappa shape index (κ2) is 8.66. The quantitative estimate of drug-likeness (QED) is 0.656. The second-order valence-electron chi connectivity index (χ2n) is 5.58. The fourth-order valence-electron chi connectivity index (χ4n) is 2.65. The van der Waals surface area contributed by atoms with Crippen LogP contribution in [0.5, 0.6) is 5.88 Å². The van der Waals surface area contributed by atoms with Crippen molar-refractivity contribution in [1.82, 2.24) is 24.9 Å². The summed E-state index contributed by atoms with van der Waals surface area (Å²) in [4.78, 5) is 17.0. The first kappa shape index (κ1) is 18.2. The molecule has 0 aliphatic rings. The van der Waals surface area contributed by atoms with Crippen LogP contribution in [0.1, 0.15) is 35.6 Å². The maximum atomic E-state index is 12.8. The summed E-state index contributed by atoms with van der Waals surface area (Å²) < 4.78 is 7.37. The standard InChI is InChI=1S/C18H21N5O2S/c1-3-25-18-13(7-6-10-19-18)17(24)20-14(9-12-26-2)16-22-21-15-8-4-5-11-23(15)16/h4-8,10-11,14H,3,9,12H2,1-2H3,(H,20,24)/t14-/m1/s1. The number of hydrogen-bond acceptors (Lipinski definition) is 6. The SMILES string of the molecule is CCOc1ncccc1C(=O)N[C@H](CCSC)c1nnc2ccccn12. The summed E-state index contributed by atoms with van der Waals surface area (Å²) in [6, 6.07) is 8.89. The van der Waals surface area contributed by atoms with Gasteiger partial charge in [0.2, 0.25) is 5.88 Å². The molecular weight excluding hydrogens is 350 g/mol. The average molecular weight is 371 g/mol. The van der Waals surface area contributed by atoms with Gasteiger partial charge in [-0.2, -0.15) is 11.8 Å². The monoisotopic (exact) mass is 371 g/mol. The predicted octanol–water partition coefficient (Wildman–Crippen LogP) is 2.75. The molecular formula is C18H21N5O2S. The van der Waals surface area contributed by atoms with Gasteiger partial charge in [0, 0.05) is 12.4 Å². The average Bonchev–Trinajstić information content (AvgIpc) is 3.10. The molecule has 3 aromatic rings. The zero-order valence-electron chi connectivity index (χ0n) is 14.8. The second-order valence-corrected chi connectivity index (χ2v) is 6.57. The summed E-state index contributed by atoms with van der Waals surface area (Å²) in [6.07, 6.45) is 6.29. The number of fused-ring (bicyclic) bond motifs is 1. The van der Waals surface area contributed by atoms with E-state index in [1.54, 1.807) is 30.1 Å². The Hall–Kier alpha value is -2.61. The van der Waals surface area contributed by atoms with Crippen molar-refractivity contribution in [3.8, 4) is 5.88 Å². The van der Waals surface area contributed by atoms with Crippen LogP contribution in [0.3, 0.4) is 0 Å². The van der Waals surface area contributed by atoms with E-state index in [9.17, 15) is 4.79 Å². The van der Waals surface area contributed by atoms with E-state index in [0.29, 0.717) is 23.9 Å². The van der Waals surface area contributed by atoms with Crippen molar-refractivity contribution < 1.29 is 9.53 Å². The highest BCUT2D eigenvalue weighted by Crippen LogP contribution is 2.21. The Morgan fingerprint density at radius 2 is 2.19 bits per heavy atom. The first-order valence-corrected chi connectivity index (χ1v) is 9.81. The van der Waals surface area contributed by atoms with Gasteiger partial charge in [-0.15, -0.1) is 10.2 Å². The van der Waals surface area contributed by atoms with Gasteiger partial charge in [-0.3, -0.25) is 9.20 Å². The van der Waals surface area contributed by atoms with Crippen LogP contribution in [0, 0.1) is 0 Å². The van der Waals surface area contributed by atoms with Crippen molar-refractivity contribution in [3.05, 3.63) is 54.1 Å². The Kier molecular flexibility index (Phi) is 6.06. The number of thioether (sulfide) groups is 1. The minimum absolute atomic E-state index is 0.236. The van der Waals surface area contributed by atoms with Crippen molar-refractivity contribution in [2.45, 2.75) is 19.4 Å². The number of nitrogens with zero attached hydrogens (tertiary/aromatic N) is 4. The van der Waals surface area contributed by atoms with Crippen molar-refractivity contribution in [2.24, 2.45) is 0 Å². The molecule has 0 bridgehead atoms. The topological polar surface area (TPSA) is 81.4 Å². The first-order valence-electron chi connectivity index (χ1n) is 8.42. The summed E-state index contributed by atoms with van der Waals surface area (Å²) in [5.74, 6) is 1.70. The molecule has 1 atom stereocenters. The molecule has 1 amide bonds. The number of carbonyl (C=O) groups is 1. The van der Waals surface area contributed by atoms with Gasteiger partial charge < -0.3 is 10.1 Å². The third-order valence-electron chi connectivity index (χ3n) is 3.86. The van der Waals surface area contributed by atoms with Gasteiger partial charge in [0.15, 0.2) is 11.5 Å². The molecule has 7 nitrogen and oxygen atoms in total. The van der Waals surface area contributed by atoms with E-state index in [2.05, 4.69) is 20.5 Å². The van der Waals surface area contributed by atoms with E-state index in [0.717, 1.165) is 17.8 Å². The Morgan fingerprint density at radius 1 is 1.31 bits per heavy atom. The molecule has 0 saturated heterocycles. The number of pyridine rings is 2. The van der Waals surface area contributed by atoms with Crippen LogP contribution in [0.15, 0.2) is 42.7 Å². The van der Waals surface area contributed by atoms with E-state index in [4.69, 9.17) is 4.74 Å². The molecule has 0 unspecified atom stereocenters. The Labute approximate surface area is 156 Å². The molecule has 26 heavy (non-hydrogen) atoms. The van der Waals surface area contributed by atoms with Crippen LogP contribution in [-0.4, -0.2) is 44.1 Å². The Balaban J connectivity index is 1.88. The lowest BCUT2D eigenvalue weighted by Crippen LogP contribution is -2.31. The number of rotatable bonds is 8. The van der Waals surface area contributed by atoms with Crippen LogP contribution in [0.25, 0.3) is 5.65 Å². The molecule has 0 aromatic carbocycles. The third kappa shape index (κ3) is 3.96.